The molecule has 0 radical (unpaired) electrons. The zero-order valence-corrected chi connectivity index (χ0v) is 14.3. The van der Waals surface area contributed by atoms with Gasteiger partial charge >= 0.3 is 0 Å². The van der Waals surface area contributed by atoms with E-state index in [1.54, 1.807) is 4.90 Å². The predicted molar refractivity (Wildman–Crippen MR) is 91.5 cm³/mol. The topological polar surface area (TPSA) is 58.6 Å². The number of ether oxygens (including phenoxy) is 1. The van der Waals surface area contributed by atoms with Crippen LogP contribution in [0.5, 0.6) is 0 Å². The normalized spacial score (nSPS) is 26.5. The van der Waals surface area contributed by atoms with Crippen LogP contribution in [-0.2, 0) is 20.7 Å². The predicted octanol–water partition coefficient (Wildman–Crippen LogP) is 1.91. The molecule has 0 bridgehead atoms. The quantitative estimate of drug-likeness (QED) is 0.897. The summed E-state index contributed by atoms with van der Waals surface area (Å²) in [4.78, 5) is 26.9. The van der Waals surface area contributed by atoms with Crippen LogP contribution >= 0.6 is 0 Å². The Bertz CT molecular complexity index is 582. The molecule has 24 heavy (non-hydrogen) atoms. The van der Waals surface area contributed by atoms with Crippen LogP contribution in [0.25, 0.3) is 0 Å². The van der Waals surface area contributed by atoms with Crippen molar-refractivity contribution < 1.29 is 14.3 Å². The van der Waals surface area contributed by atoms with Crippen LogP contribution in [0, 0.1) is 0 Å². The number of nitrogens with zero attached hydrogens (tertiary/aromatic N) is 1. The van der Waals surface area contributed by atoms with Crippen LogP contribution in [-0.4, -0.2) is 48.1 Å². The van der Waals surface area contributed by atoms with E-state index in [-0.39, 0.29) is 23.5 Å². The second-order valence-corrected chi connectivity index (χ2v) is 7.03. The van der Waals surface area contributed by atoms with Crippen LogP contribution in [0.4, 0.5) is 0 Å². The molecule has 0 spiro atoms. The monoisotopic (exact) mass is 330 g/mol. The molecule has 1 aromatic carbocycles. The van der Waals surface area contributed by atoms with E-state index in [0.717, 1.165) is 37.9 Å². The van der Waals surface area contributed by atoms with Crippen molar-refractivity contribution in [1.82, 2.24) is 10.2 Å². The first-order valence-corrected chi connectivity index (χ1v) is 8.82. The lowest BCUT2D eigenvalue weighted by molar-refractivity contribution is -0.138. The number of benzene rings is 1. The van der Waals surface area contributed by atoms with E-state index in [0.29, 0.717) is 19.5 Å². The molecule has 2 saturated heterocycles. The van der Waals surface area contributed by atoms with Gasteiger partial charge in [-0.2, -0.15) is 0 Å². The van der Waals surface area contributed by atoms with Crippen molar-refractivity contribution >= 4 is 11.8 Å². The van der Waals surface area contributed by atoms with Gasteiger partial charge in [0.05, 0.1) is 12.0 Å². The van der Waals surface area contributed by atoms with Gasteiger partial charge in [-0.15, -0.1) is 0 Å². The third-order valence-electron chi connectivity index (χ3n) is 5.01. The summed E-state index contributed by atoms with van der Waals surface area (Å²) in [5.74, 6) is -0.0205. The summed E-state index contributed by atoms with van der Waals surface area (Å²) in [7, 11) is 0. The Balaban J connectivity index is 1.56. The molecule has 0 saturated carbocycles. The van der Waals surface area contributed by atoms with Crippen molar-refractivity contribution in [2.75, 3.05) is 19.7 Å². The van der Waals surface area contributed by atoms with Gasteiger partial charge in [0.25, 0.3) is 0 Å². The molecule has 0 aromatic heterocycles. The molecule has 5 nitrogen and oxygen atoms in total. The highest BCUT2D eigenvalue weighted by Crippen LogP contribution is 2.24. The van der Waals surface area contributed by atoms with Crippen LogP contribution in [0.3, 0.4) is 0 Å². The molecule has 2 aliphatic rings. The van der Waals surface area contributed by atoms with Gasteiger partial charge in [-0.1, -0.05) is 30.3 Å². The summed E-state index contributed by atoms with van der Waals surface area (Å²) < 4.78 is 5.71. The molecule has 2 fully saturated rings. The second kappa shape index (κ2) is 7.34. The number of rotatable bonds is 5. The zero-order chi connectivity index (χ0) is 17.0. The maximum Gasteiger partial charge on any atom is 0.242 e. The lowest BCUT2D eigenvalue weighted by Crippen LogP contribution is -2.49. The Labute approximate surface area is 143 Å². The van der Waals surface area contributed by atoms with Gasteiger partial charge in [0.2, 0.25) is 11.8 Å². The number of amides is 2. The molecule has 3 rings (SSSR count). The fraction of sp³-hybridized carbons (Fsp3) is 0.579. The third-order valence-corrected chi connectivity index (χ3v) is 5.01. The van der Waals surface area contributed by atoms with E-state index in [1.165, 1.54) is 0 Å². The second-order valence-electron chi connectivity index (χ2n) is 7.03. The first-order valence-electron chi connectivity index (χ1n) is 8.82. The number of hydrogen-bond donors (Lipinski definition) is 1. The Kier molecular flexibility index (Phi) is 5.19. The van der Waals surface area contributed by atoms with Crippen molar-refractivity contribution in [3.8, 4) is 0 Å². The first-order chi connectivity index (χ1) is 11.6. The molecule has 2 amide bonds. The van der Waals surface area contributed by atoms with E-state index < -0.39 is 0 Å². The minimum atomic E-state index is -0.341. The molecule has 130 valence electrons. The largest absolute Gasteiger partial charge is 0.373 e. The maximum atomic E-state index is 12.6. The molecule has 5 heteroatoms. The van der Waals surface area contributed by atoms with Crippen molar-refractivity contribution in [1.29, 1.82) is 0 Å². The SMILES string of the molecule is C[C@]1(CNC(=O)[C@H]2CCCN2C(=O)Cc2ccccc2)CCCO1. The first kappa shape index (κ1) is 17.0. The Morgan fingerprint density at radius 2 is 2.08 bits per heavy atom. The number of hydrogen-bond acceptors (Lipinski definition) is 3. The standard InChI is InChI=1S/C19H26N2O3/c1-19(10-6-12-24-19)14-20-18(23)16-9-5-11-21(16)17(22)13-15-7-3-2-4-8-15/h2-4,7-8,16H,5-6,9-14H2,1H3,(H,20,23)/t16-,19-/m1/s1. The average molecular weight is 330 g/mol. The summed E-state index contributed by atoms with van der Waals surface area (Å²) >= 11 is 0. The van der Waals surface area contributed by atoms with Crippen molar-refractivity contribution in [3.05, 3.63) is 35.9 Å². The summed E-state index contributed by atoms with van der Waals surface area (Å²) in [5, 5.41) is 3.00. The van der Waals surface area contributed by atoms with E-state index >= 15 is 0 Å². The summed E-state index contributed by atoms with van der Waals surface area (Å²) in [5.41, 5.74) is 0.730. The smallest absolute Gasteiger partial charge is 0.242 e. The maximum absolute atomic E-state index is 12.6. The highest BCUT2D eigenvalue weighted by atomic mass is 16.5. The highest BCUT2D eigenvalue weighted by molar-refractivity contribution is 5.89. The Morgan fingerprint density at radius 3 is 2.79 bits per heavy atom. The van der Waals surface area contributed by atoms with Gasteiger partial charge < -0.3 is 15.0 Å². The van der Waals surface area contributed by atoms with Gasteiger partial charge in [0.1, 0.15) is 6.04 Å². The number of nitrogens with one attached hydrogen (secondary N) is 1. The van der Waals surface area contributed by atoms with Gasteiger partial charge in [-0.05, 0) is 38.2 Å². The van der Waals surface area contributed by atoms with E-state index in [4.69, 9.17) is 4.74 Å². The Morgan fingerprint density at radius 1 is 1.29 bits per heavy atom. The summed E-state index contributed by atoms with van der Waals surface area (Å²) in [6, 6.07) is 9.35. The Hall–Kier alpha value is -1.88. The van der Waals surface area contributed by atoms with E-state index in [1.807, 2.05) is 37.3 Å². The molecule has 2 heterocycles. The van der Waals surface area contributed by atoms with Gasteiger partial charge in [-0.25, -0.2) is 0 Å². The third kappa shape index (κ3) is 3.96. The van der Waals surface area contributed by atoms with Crippen LogP contribution in [0.1, 0.15) is 38.2 Å². The average Bonchev–Trinajstić information content (AvgIpc) is 3.23. The fourth-order valence-corrected chi connectivity index (χ4v) is 3.58. The molecule has 0 aliphatic carbocycles. The van der Waals surface area contributed by atoms with E-state index in [9.17, 15) is 9.59 Å². The highest BCUT2D eigenvalue weighted by Gasteiger charge is 2.36. The van der Waals surface area contributed by atoms with Crippen molar-refractivity contribution in [3.63, 3.8) is 0 Å². The van der Waals surface area contributed by atoms with Gasteiger partial charge in [0.15, 0.2) is 0 Å². The van der Waals surface area contributed by atoms with Crippen LogP contribution in [0.15, 0.2) is 30.3 Å². The van der Waals surface area contributed by atoms with Crippen LogP contribution < -0.4 is 5.32 Å². The molecule has 2 atom stereocenters. The molecular formula is C19H26N2O3. The zero-order valence-electron chi connectivity index (χ0n) is 14.3. The lowest BCUT2D eigenvalue weighted by atomic mass is 10.0. The number of carbonyl (C=O) groups excluding carboxylic acids is 2. The summed E-state index contributed by atoms with van der Waals surface area (Å²) in [6.07, 6.45) is 3.98. The molecule has 1 N–H and O–H groups in total. The summed E-state index contributed by atoms with van der Waals surface area (Å²) in [6.45, 7) is 3.98. The van der Waals surface area contributed by atoms with Crippen molar-refractivity contribution in [2.45, 2.75) is 50.7 Å². The molecule has 2 aliphatic heterocycles. The molecule has 0 unspecified atom stereocenters. The van der Waals surface area contributed by atoms with Gasteiger partial charge in [0, 0.05) is 19.7 Å². The van der Waals surface area contributed by atoms with Gasteiger partial charge in [-0.3, -0.25) is 9.59 Å². The fourth-order valence-electron chi connectivity index (χ4n) is 3.58. The number of carbonyl (C=O) groups is 2. The number of likely N-dealkylation sites (tertiary alicyclic amines) is 1. The lowest BCUT2D eigenvalue weighted by Gasteiger charge is -2.27. The van der Waals surface area contributed by atoms with E-state index in [2.05, 4.69) is 5.32 Å². The van der Waals surface area contributed by atoms with Crippen molar-refractivity contribution in [2.24, 2.45) is 0 Å². The minimum Gasteiger partial charge on any atom is -0.373 e. The molecule has 1 aromatic rings. The van der Waals surface area contributed by atoms with Crippen LogP contribution in [0.2, 0.25) is 0 Å². The minimum absolute atomic E-state index is 0.0298. The molecular weight excluding hydrogens is 304 g/mol.